The topological polar surface area (TPSA) is 72.5 Å². The van der Waals surface area contributed by atoms with Gasteiger partial charge in [0.05, 0.1) is 12.6 Å². The number of ether oxygens (including phenoxy) is 2. The number of hydrogen-bond donors (Lipinski definition) is 2. The number of carbonyl (C=O) groups is 1. The highest BCUT2D eigenvalue weighted by atomic mass is 16.5. The molecule has 1 unspecified atom stereocenters. The van der Waals surface area contributed by atoms with Crippen molar-refractivity contribution in [3.05, 3.63) is 48.2 Å². The number of rotatable bonds is 8. The van der Waals surface area contributed by atoms with Crippen LogP contribution in [0.1, 0.15) is 31.7 Å². The molecule has 1 fully saturated rings. The summed E-state index contributed by atoms with van der Waals surface area (Å²) in [6.07, 6.45) is 4.57. The summed E-state index contributed by atoms with van der Waals surface area (Å²) in [6.45, 7) is 4.05. The van der Waals surface area contributed by atoms with E-state index < -0.39 is 0 Å². The van der Waals surface area contributed by atoms with E-state index in [-0.39, 0.29) is 11.9 Å². The van der Waals surface area contributed by atoms with Crippen molar-refractivity contribution >= 4 is 5.91 Å². The summed E-state index contributed by atoms with van der Waals surface area (Å²) < 4.78 is 11.5. The fourth-order valence-corrected chi connectivity index (χ4v) is 2.80. The lowest BCUT2D eigenvalue weighted by Gasteiger charge is -2.13. The largest absolute Gasteiger partial charge is 0.494 e. The van der Waals surface area contributed by atoms with Gasteiger partial charge in [0.15, 0.2) is 0 Å². The lowest BCUT2D eigenvalue weighted by molar-refractivity contribution is -0.122. The summed E-state index contributed by atoms with van der Waals surface area (Å²) in [5.74, 6) is 2.01. The first-order valence-corrected chi connectivity index (χ1v) is 9.12. The number of aromatic nitrogens is 1. The Morgan fingerprint density at radius 2 is 2.08 bits per heavy atom. The van der Waals surface area contributed by atoms with Gasteiger partial charge < -0.3 is 20.1 Å². The molecule has 0 spiro atoms. The van der Waals surface area contributed by atoms with E-state index in [1.165, 1.54) is 0 Å². The van der Waals surface area contributed by atoms with Crippen LogP contribution in [-0.4, -0.2) is 30.1 Å². The van der Waals surface area contributed by atoms with Gasteiger partial charge in [-0.3, -0.25) is 4.79 Å². The van der Waals surface area contributed by atoms with E-state index in [2.05, 4.69) is 22.5 Å². The molecule has 26 heavy (non-hydrogen) atoms. The summed E-state index contributed by atoms with van der Waals surface area (Å²) in [5, 5.41) is 6.15. The molecule has 0 saturated carbocycles. The minimum absolute atomic E-state index is 0.0229. The fraction of sp³-hybridized carbons (Fsp3) is 0.400. The zero-order chi connectivity index (χ0) is 18.2. The molecule has 1 atom stereocenters. The molecule has 0 radical (unpaired) electrons. The molecule has 2 aromatic rings. The lowest BCUT2D eigenvalue weighted by Crippen LogP contribution is -2.40. The summed E-state index contributed by atoms with van der Waals surface area (Å²) in [6, 6.07) is 11.1. The molecular weight excluding hydrogens is 330 g/mol. The highest BCUT2D eigenvalue weighted by Crippen LogP contribution is 2.25. The van der Waals surface area contributed by atoms with Gasteiger partial charge in [0, 0.05) is 18.3 Å². The van der Waals surface area contributed by atoms with E-state index in [4.69, 9.17) is 9.47 Å². The van der Waals surface area contributed by atoms with Crippen molar-refractivity contribution < 1.29 is 14.3 Å². The van der Waals surface area contributed by atoms with Crippen LogP contribution < -0.4 is 20.1 Å². The highest BCUT2D eigenvalue weighted by Gasteiger charge is 2.21. The van der Waals surface area contributed by atoms with E-state index in [0.29, 0.717) is 24.8 Å². The van der Waals surface area contributed by atoms with Gasteiger partial charge in [-0.15, -0.1) is 0 Å². The Bertz CT molecular complexity index is 712. The quantitative estimate of drug-likeness (QED) is 0.761. The van der Waals surface area contributed by atoms with Gasteiger partial charge in [0.25, 0.3) is 0 Å². The summed E-state index contributed by atoms with van der Waals surface area (Å²) in [7, 11) is 0. The molecule has 0 bridgehead atoms. The normalized spacial score (nSPS) is 16.3. The molecule has 138 valence electrons. The number of pyridine rings is 1. The maximum Gasteiger partial charge on any atom is 0.237 e. The monoisotopic (exact) mass is 355 g/mol. The second-order valence-electron chi connectivity index (χ2n) is 6.26. The number of nitrogens with one attached hydrogen (secondary N) is 2. The number of benzene rings is 1. The third-order valence-electron chi connectivity index (χ3n) is 4.19. The van der Waals surface area contributed by atoms with Crippen molar-refractivity contribution in [3.63, 3.8) is 0 Å². The Labute approximate surface area is 153 Å². The molecule has 0 aliphatic carbocycles. The van der Waals surface area contributed by atoms with Crippen LogP contribution in [0.15, 0.2) is 42.6 Å². The zero-order valence-corrected chi connectivity index (χ0v) is 15.0. The lowest BCUT2D eigenvalue weighted by atomic mass is 10.2. The molecule has 2 N–H and O–H groups in total. The Balaban J connectivity index is 1.60. The maximum absolute atomic E-state index is 12.2. The summed E-state index contributed by atoms with van der Waals surface area (Å²) >= 11 is 0. The average Bonchev–Trinajstić information content (AvgIpc) is 3.21. The molecule has 1 saturated heterocycles. The Kier molecular flexibility index (Phi) is 6.44. The number of carbonyl (C=O) groups excluding carboxylic acids is 1. The van der Waals surface area contributed by atoms with E-state index in [0.717, 1.165) is 37.1 Å². The van der Waals surface area contributed by atoms with Crippen LogP contribution in [0.5, 0.6) is 17.4 Å². The second kappa shape index (κ2) is 9.20. The average molecular weight is 355 g/mol. The van der Waals surface area contributed by atoms with E-state index in [1.807, 2.05) is 36.4 Å². The SMILES string of the molecule is CCCOc1ccc(Oc2ncccc2CNC(=O)C2CCCN2)cc1. The fourth-order valence-electron chi connectivity index (χ4n) is 2.80. The molecule has 1 amide bonds. The zero-order valence-electron chi connectivity index (χ0n) is 15.0. The number of hydrogen-bond acceptors (Lipinski definition) is 5. The van der Waals surface area contributed by atoms with E-state index in [9.17, 15) is 4.79 Å². The van der Waals surface area contributed by atoms with Crippen LogP contribution in [0.3, 0.4) is 0 Å². The smallest absolute Gasteiger partial charge is 0.237 e. The van der Waals surface area contributed by atoms with Gasteiger partial charge in [0.1, 0.15) is 11.5 Å². The van der Waals surface area contributed by atoms with Crippen LogP contribution >= 0.6 is 0 Å². The molecule has 6 nitrogen and oxygen atoms in total. The van der Waals surface area contributed by atoms with Crippen molar-refractivity contribution in [1.82, 2.24) is 15.6 Å². The molecule has 1 aromatic heterocycles. The van der Waals surface area contributed by atoms with Crippen molar-refractivity contribution in [2.75, 3.05) is 13.2 Å². The molecule has 1 aliphatic heterocycles. The van der Waals surface area contributed by atoms with Crippen LogP contribution in [0.4, 0.5) is 0 Å². The third-order valence-corrected chi connectivity index (χ3v) is 4.19. The maximum atomic E-state index is 12.2. The van der Waals surface area contributed by atoms with E-state index >= 15 is 0 Å². The van der Waals surface area contributed by atoms with Crippen LogP contribution in [0.25, 0.3) is 0 Å². The molecular formula is C20H25N3O3. The summed E-state index contributed by atoms with van der Waals surface area (Å²) in [5.41, 5.74) is 0.838. The van der Waals surface area contributed by atoms with Crippen molar-refractivity contribution in [1.29, 1.82) is 0 Å². The number of nitrogens with zero attached hydrogens (tertiary/aromatic N) is 1. The molecule has 3 rings (SSSR count). The van der Waals surface area contributed by atoms with Gasteiger partial charge in [0.2, 0.25) is 11.8 Å². The third kappa shape index (κ3) is 4.95. The summed E-state index contributed by atoms with van der Waals surface area (Å²) in [4.78, 5) is 16.5. The molecule has 6 heteroatoms. The predicted octanol–water partition coefficient (Wildman–Crippen LogP) is 3.03. The van der Waals surface area contributed by atoms with Crippen LogP contribution in [-0.2, 0) is 11.3 Å². The number of amides is 1. The Hall–Kier alpha value is -2.60. The minimum atomic E-state index is -0.0910. The van der Waals surface area contributed by atoms with Gasteiger partial charge in [-0.2, -0.15) is 0 Å². The van der Waals surface area contributed by atoms with Crippen molar-refractivity contribution in [2.45, 2.75) is 38.8 Å². The van der Waals surface area contributed by atoms with Gasteiger partial charge >= 0.3 is 0 Å². The first-order valence-electron chi connectivity index (χ1n) is 9.12. The molecule has 1 aromatic carbocycles. The second-order valence-corrected chi connectivity index (χ2v) is 6.26. The minimum Gasteiger partial charge on any atom is -0.494 e. The highest BCUT2D eigenvalue weighted by molar-refractivity contribution is 5.82. The molecule has 1 aliphatic rings. The Morgan fingerprint density at radius 3 is 2.81 bits per heavy atom. The van der Waals surface area contributed by atoms with Crippen molar-refractivity contribution in [2.24, 2.45) is 0 Å². The first kappa shape index (κ1) is 18.2. The standard InChI is InChI=1S/C20H25N3O3/c1-2-13-25-16-7-9-17(10-8-16)26-20-15(5-3-12-22-20)14-23-19(24)18-6-4-11-21-18/h3,5,7-10,12,18,21H,2,4,6,11,13-14H2,1H3,(H,23,24). The van der Waals surface area contributed by atoms with Gasteiger partial charge in [-0.05, 0) is 56.1 Å². The van der Waals surface area contributed by atoms with Crippen LogP contribution in [0.2, 0.25) is 0 Å². The van der Waals surface area contributed by atoms with Crippen LogP contribution in [0, 0.1) is 0 Å². The van der Waals surface area contributed by atoms with Gasteiger partial charge in [-0.25, -0.2) is 4.98 Å². The van der Waals surface area contributed by atoms with Crippen molar-refractivity contribution in [3.8, 4) is 17.4 Å². The first-order chi connectivity index (χ1) is 12.8. The van der Waals surface area contributed by atoms with E-state index in [1.54, 1.807) is 6.20 Å². The van der Waals surface area contributed by atoms with Gasteiger partial charge in [-0.1, -0.05) is 13.0 Å². The Morgan fingerprint density at radius 1 is 1.27 bits per heavy atom. The molecule has 2 heterocycles. The predicted molar refractivity (Wildman–Crippen MR) is 99.4 cm³/mol.